The topological polar surface area (TPSA) is 98.5 Å². The quantitative estimate of drug-likeness (QED) is 0.379. The molecule has 0 spiro atoms. The van der Waals surface area contributed by atoms with Gasteiger partial charge in [-0.25, -0.2) is 9.18 Å². The van der Waals surface area contributed by atoms with Gasteiger partial charge in [0.15, 0.2) is 0 Å². The number of esters is 1. The summed E-state index contributed by atoms with van der Waals surface area (Å²) >= 11 is 0. The van der Waals surface area contributed by atoms with E-state index >= 15 is 0 Å². The lowest BCUT2D eigenvalue weighted by molar-refractivity contribution is -0.384. The summed E-state index contributed by atoms with van der Waals surface area (Å²) in [4.78, 5) is 32.0. The second-order valence-corrected chi connectivity index (χ2v) is 3.09. The van der Waals surface area contributed by atoms with Gasteiger partial charge in [0.2, 0.25) is 0 Å². The summed E-state index contributed by atoms with van der Waals surface area (Å²) in [6.45, 7) is 1.50. The average Bonchev–Trinajstić information content (AvgIpc) is 2.31. The molecule has 7 nitrogen and oxygen atoms in total. The Morgan fingerprint density at radius 2 is 2.17 bits per heavy atom. The first-order valence-electron chi connectivity index (χ1n) is 4.87. The van der Waals surface area contributed by atoms with Crippen molar-refractivity contribution in [3.63, 3.8) is 0 Å². The van der Waals surface area contributed by atoms with Gasteiger partial charge >= 0.3 is 11.9 Å². The molecule has 0 aliphatic rings. The third-order valence-corrected chi connectivity index (χ3v) is 1.87. The Morgan fingerprint density at radius 1 is 1.50 bits per heavy atom. The van der Waals surface area contributed by atoms with Crippen LogP contribution in [0.4, 0.5) is 15.8 Å². The summed E-state index contributed by atoms with van der Waals surface area (Å²) < 4.78 is 17.2. The van der Waals surface area contributed by atoms with E-state index in [9.17, 15) is 24.1 Å². The van der Waals surface area contributed by atoms with Gasteiger partial charge < -0.3 is 10.1 Å². The van der Waals surface area contributed by atoms with Gasteiger partial charge in [0.1, 0.15) is 11.5 Å². The van der Waals surface area contributed by atoms with E-state index in [1.807, 2.05) is 5.32 Å². The number of carbonyl (C=O) groups excluding carboxylic acids is 2. The molecule has 0 aliphatic heterocycles. The Bertz CT molecular complexity index is 503. The van der Waals surface area contributed by atoms with Gasteiger partial charge in [0, 0.05) is 0 Å². The van der Waals surface area contributed by atoms with Crippen LogP contribution in [0.15, 0.2) is 18.2 Å². The van der Waals surface area contributed by atoms with E-state index in [2.05, 4.69) is 4.74 Å². The first-order chi connectivity index (χ1) is 8.45. The summed E-state index contributed by atoms with van der Waals surface area (Å²) in [5.41, 5.74) is -0.924. The van der Waals surface area contributed by atoms with Crippen LogP contribution in [0.2, 0.25) is 0 Å². The van der Waals surface area contributed by atoms with Gasteiger partial charge in [0.05, 0.1) is 17.6 Å². The van der Waals surface area contributed by atoms with E-state index in [0.717, 1.165) is 12.1 Å². The highest BCUT2D eigenvalue weighted by atomic mass is 19.1. The molecule has 0 unspecified atom stereocenters. The molecule has 1 amide bonds. The zero-order valence-electron chi connectivity index (χ0n) is 9.31. The Morgan fingerprint density at radius 3 is 2.72 bits per heavy atom. The van der Waals surface area contributed by atoms with Crippen molar-refractivity contribution in [1.82, 2.24) is 0 Å². The number of carbonyl (C=O) groups is 2. The predicted octanol–water partition coefficient (Wildman–Crippen LogP) is 1.24. The van der Waals surface area contributed by atoms with Crippen LogP contribution in [0.3, 0.4) is 0 Å². The number of hydrogen-bond acceptors (Lipinski definition) is 5. The first kappa shape index (κ1) is 13.6. The van der Waals surface area contributed by atoms with Crippen molar-refractivity contribution in [2.75, 3.05) is 11.9 Å². The van der Waals surface area contributed by atoms with Crippen molar-refractivity contribution < 1.29 is 23.6 Å². The zero-order valence-corrected chi connectivity index (χ0v) is 9.31. The molecule has 1 rings (SSSR count). The highest BCUT2D eigenvalue weighted by molar-refractivity contribution is 6.37. The number of nitrogens with one attached hydrogen (secondary N) is 1. The number of ether oxygens (including phenoxy) is 1. The van der Waals surface area contributed by atoms with Crippen LogP contribution in [0.5, 0.6) is 0 Å². The fourth-order valence-corrected chi connectivity index (χ4v) is 1.13. The van der Waals surface area contributed by atoms with Crippen LogP contribution in [0.25, 0.3) is 0 Å². The molecule has 1 aromatic rings. The second kappa shape index (κ2) is 5.71. The lowest BCUT2D eigenvalue weighted by Gasteiger charge is -2.05. The number of hydrogen-bond donors (Lipinski definition) is 1. The number of nitro benzene ring substituents is 1. The molecule has 0 atom stereocenters. The molecule has 1 aromatic carbocycles. The molecule has 0 aromatic heterocycles. The van der Waals surface area contributed by atoms with Gasteiger partial charge in [-0.1, -0.05) is 0 Å². The molecule has 8 heteroatoms. The smallest absolute Gasteiger partial charge is 0.397 e. The number of rotatable bonds is 3. The van der Waals surface area contributed by atoms with Crippen molar-refractivity contribution in [2.24, 2.45) is 0 Å². The Labute approximate surface area is 101 Å². The van der Waals surface area contributed by atoms with Crippen LogP contribution >= 0.6 is 0 Å². The van der Waals surface area contributed by atoms with Gasteiger partial charge in [-0.3, -0.25) is 14.9 Å². The molecular formula is C10H9FN2O5. The summed E-state index contributed by atoms with van der Waals surface area (Å²) in [7, 11) is 0. The van der Waals surface area contributed by atoms with Crippen LogP contribution in [0, 0.1) is 15.9 Å². The SMILES string of the molecule is CCOC(=O)C(=O)Nc1ccc(F)cc1[N+](=O)[O-]. The number of halogens is 1. The monoisotopic (exact) mass is 256 g/mol. The minimum Gasteiger partial charge on any atom is -0.459 e. The highest BCUT2D eigenvalue weighted by Gasteiger charge is 2.21. The standard InChI is InChI=1S/C10H9FN2O5/c1-2-18-10(15)9(14)12-7-4-3-6(11)5-8(7)13(16)17/h3-5H,2H2,1H3,(H,12,14). The van der Waals surface area contributed by atoms with Gasteiger partial charge in [-0.05, 0) is 19.1 Å². The molecular weight excluding hydrogens is 247 g/mol. The molecule has 0 radical (unpaired) electrons. The molecule has 0 aliphatic carbocycles. The lowest BCUT2D eigenvalue weighted by Crippen LogP contribution is -2.25. The minimum absolute atomic E-state index is 0.00222. The van der Waals surface area contributed by atoms with Crippen molar-refractivity contribution in [1.29, 1.82) is 0 Å². The molecule has 0 saturated carbocycles. The molecule has 18 heavy (non-hydrogen) atoms. The van der Waals surface area contributed by atoms with Crippen molar-refractivity contribution in [3.05, 3.63) is 34.1 Å². The van der Waals surface area contributed by atoms with E-state index in [4.69, 9.17) is 0 Å². The molecule has 0 bridgehead atoms. The summed E-state index contributed by atoms with van der Waals surface area (Å²) in [6.07, 6.45) is 0. The van der Waals surface area contributed by atoms with Crippen LogP contribution in [-0.4, -0.2) is 23.4 Å². The van der Waals surface area contributed by atoms with Crippen molar-refractivity contribution in [3.8, 4) is 0 Å². The fraction of sp³-hybridized carbons (Fsp3) is 0.200. The molecule has 0 heterocycles. The average molecular weight is 256 g/mol. The maximum atomic E-state index is 12.8. The van der Waals surface area contributed by atoms with E-state index in [0.29, 0.717) is 6.07 Å². The molecule has 0 saturated heterocycles. The Balaban J connectivity index is 2.94. The Hall–Kier alpha value is -2.51. The number of benzene rings is 1. The zero-order chi connectivity index (χ0) is 13.7. The molecule has 96 valence electrons. The third-order valence-electron chi connectivity index (χ3n) is 1.87. The van der Waals surface area contributed by atoms with E-state index in [1.54, 1.807) is 0 Å². The lowest BCUT2D eigenvalue weighted by atomic mass is 10.2. The number of anilines is 1. The summed E-state index contributed by atoms with van der Waals surface area (Å²) in [5.74, 6) is -3.15. The van der Waals surface area contributed by atoms with Crippen LogP contribution in [0.1, 0.15) is 6.92 Å². The Kier molecular flexibility index (Phi) is 4.30. The molecule has 1 N–H and O–H groups in total. The fourth-order valence-electron chi connectivity index (χ4n) is 1.13. The largest absolute Gasteiger partial charge is 0.459 e. The van der Waals surface area contributed by atoms with Gasteiger partial charge in [-0.2, -0.15) is 0 Å². The van der Waals surface area contributed by atoms with Gasteiger partial charge in [0.25, 0.3) is 5.69 Å². The van der Waals surface area contributed by atoms with E-state index < -0.39 is 28.3 Å². The van der Waals surface area contributed by atoms with Crippen LogP contribution in [-0.2, 0) is 14.3 Å². The third kappa shape index (κ3) is 3.24. The van der Waals surface area contributed by atoms with Crippen molar-refractivity contribution in [2.45, 2.75) is 6.92 Å². The first-order valence-corrected chi connectivity index (χ1v) is 4.87. The van der Waals surface area contributed by atoms with Gasteiger partial charge in [-0.15, -0.1) is 0 Å². The van der Waals surface area contributed by atoms with E-state index in [1.165, 1.54) is 6.92 Å². The normalized spacial score (nSPS) is 9.67. The number of nitro groups is 1. The summed E-state index contributed by atoms with van der Waals surface area (Å²) in [5, 5.41) is 12.6. The predicted molar refractivity (Wildman–Crippen MR) is 58.3 cm³/mol. The second-order valence-electron chi connectivity index (χ2n) is 3.09. The maximum absolute atomic E-state index is 12.8. The summed E-state index contributed by atoms with van der Waals surface area (Å²) in [6, 6.07) is 2.55. The number of nitrogens with zero attached hydrogens (tertiary/aromatic N) is 1. The van der Waals surface area contributed by atoms with Crippen molar-refractivity contribution >= 4 is 23.3 Å². The van der Waals surface area contributed by atoms with Crippen LogP contribution < -0.4 is 5.32 Å². The minimum atomic E-state index is -1.17. The number of amides is 1. The van der Waals surface area contributed by atoms with E-state index in [-0.39, 0.29) is 12.3 Å². The highest BCUT2D eigenvalue weighted by Crippen LogP contribution is 2.24. The molecule has 0 fully saturated rings. The maximum Gasteiger partial charge on any atom is 0.397 e.